The van der Waals surface area contributed by atoms with Gasteiger partial charge in [-0.1, -0.05) is 13.8 Å². The predicted molar refractivity (Wildman–Crippen MR) is 74.4 cm³/mol. The summed E-state index contributed by atoms with van der Waals surface area (Å²) in [5.41, 5.74) is 7.21. The number of hydrogen-bond donors (Lipinski definition) is 1. The molecule has 2 heteroatoms. The SMILES string of the molecule is CC1CC(C)CC(N)(C2CCOC3(CCC3)C2)C1. The van der Waals surface area contributed by atoms with Crippen LogP contribution in [0.1, 0.15) is 65.2 Å². The van der Waals surface area contributed by atoms with Crippen LogP contribution in [-0.2, 0) is 4.74 Å². The van der Waals surface area contributed by atoms with E-state index in [0.717, 1.165) is 18.4 Å². The summed E-state index contributed by atoms with van der Waals surface area (Å²) in [6.45, 7) is 5.72. The Hall–Kier alpha value is -0.0800. The molecule has 0 aromatic heterocycles. The van der Waals surface area contributed by atoms with Gasteiger partial charge in [-0.05, 0) is 69.1 Å². The Morgan fingerprint density at radius 2 is 1.72 bits per heavy atom. The Morgan fingerprint density at radius 3 is 2.28 bits per heavy atom. The average molecular weight is 251 g/mol. The van der Waals surface area contributed by atoms with Gasteiger partial charge < -0.3 is 10.5 Å². The molecule has 0 bridgehead atoms. The molecule has 3 fully saturated rings. The first-order valence-electron chi connectivity index (χ1n) is 7.94. The first kappa shape index (κ1) is 12.9. The van der Waals surface area contributed by atoms with Crippen molar-refractivity contribution >= 4 is 0 Å². The Bertz CT molecular complexity index is 300. The summed E-state index contributed by atoms with van der Waals surface area (Å²) in [5.74, 6) is 2.31. The van der Waals surface area contributed by atoms with Crippen molar-refractivity contribution in [2.75, 3.05) is 6.61 Å². The van der Waals surface area contributed by atoms with Crippen LogP contribution in [0, 0.1) is 17.8 Å². The summed E-state index contributed by atoms with van der Waals surface area (Å²) in [6, 6.07) is 0. The van der Waals surface area contributed by atoms with Crippen molar-refractivity contribution in [1.82, 2.24) is 0 Å². The molecular formula is C16H29NO. The van der Waals surface area contributed by atoms with Gasteiger partial charge in [-0.25, -0.2) is 0 Å². The van der Waals surface area contributed by atoms with E-state index in [-0.39, 0.29) is 11.1 Å². The second kappa shape index (κ2) is 4.49. The second-order valence-electron chi connectivity index (χ2n) is 7.66. The minimum Gasteiger partial charge on any atom is -0.375 e. The van der Waals surface area contributed by atoms with Crippen molar-refractivity contribution in [3.05, 3.63) is 0 Å². The lowest BCUT2D eigenvalue weighted by Gasteiger charge is -2.53. The van der Waals surface area contributed by atoms with Crippen molar-refractivity contribution in [1.29, 1.82) is 0 Å². The highest BCUT2D eigenvalue weighted by molar-refractivity contribution is 5.03. The summed E-state index contributed by atoms with van der Waals surface area (Å²) in [5, 5.41) is 0. The lowest BCUT2D eigenvalue weighted by molar-refractivity contribution is -0.155. The molecule has 3 rings (SSSR count). The fraction of sp³-hybridized carbons (Fsp3) is 1.00. The Labute approximate surface area is 112 Å². The van der Waals surface area contributed by atoms with E-state index in [1.165, 1.54) is 51.4 Å². The summed E-state index contributed by atoms with van der Waals surface area (Å²) < 4.78 is 6.07. The van der Waals surface area contributed by atoms with E-state index < -0.39 is 0 Å². The van der Waals surface area contributed by atoms with Crippen molar-refractivity contribution in [3.8, 4) is 0 Å². The van der Waals surface area contributed by atoms with Crippen molar-refractivity contribution in [2.24, 2.45) is 23.5 Å². The molecule has 1 saturated heterocycles. The van der Waals surface area contributed by atoms with Crippen LogP contribution in [-0.4, -0.2) is 17.7 Å². The van der Waals surface area contributed by atoms with Crippen LogP contribution < -0.4 is 5.73 Å². The van der Waals surface area contributed by atoms with Crippen molar-refractivity contribution in [3.63, 3.8) is 0 Å². The predicted octanol–water partition coefficient (Wildman–Crippen LogP) is 3.49. The van der Waals surface area contributed by atoms with Crippen molar-refractivity contribution in [2.45, 2.75) is 76.4 Å². The zero-order chi connectivity index (χ0) is 12.8. The van der Waals surface area contributed by atoms with E-state index in [2.05, 4.69) is 13.8 Å². The summed E-state index contributed by atoms with van der Waals surface area (Å²) in [4.78, 5) is 0. The van der Waals surface area contributed by atoms with Crippen LogP contribution in [0.5, 0.6) is 0 Å². The fourth-order valence-electron chi connectivity index (χ4n) is 5.01. The molecule has 3 atom stereocenters. The van der Waals surface area contributed by atoms with Gasteiger partial charge >= 0.3 is 0 Å². The molecule has 104 valence electrons. The molecular weight excluding hydrogens is 222 g/mol. The fourth-order valence-corrected chi connectivity index (χ4v) is 5.01. The Kier molecular flexibility index (Phi) is 3.22. The molecule has 0 radical (unpaired) electrons. The van der Waals surface area contributed by atoms with E-state index >= 15 is 0 Å². The molecule has 0 amide bonds. The summed E-state index contributed by atoms with van der Waals surface area (Å²) in [6.07, 6.45) is 10.2. The second-order valence-corrected chi connectivity index (χ2v) is 7.66. The van der Waals surface area contributed by atoms with Gasteiger partial charge in [0.15, 0.2) is 0 Å². The minimum absolute atomic E-state index is 0.101. The zero-order valence-electron chi connectivity index (χ0n) is 12.1. The largest absolute Gasteiger partial charge is 0.375 e. The monoisotopic (exact) mass is 251 g/mol. The van der Waals surface area contributed by atoms with Gasteiger partial charge in [0.05, 0.1) is 5.60 Å². The van der Waals surface area contributed by atoms with Gasteiger partial charge in [0.25, 0.3) is 0 Å². The number of nitrogens with two attached hydrogens (primary N) is 1. The Morgan fingerprint density at radius 1 is 1.06 bits per heavy atom. The molecule has 2 saturated carbocycles. The highest BCUT2D eigenvalue weighted by Crippen LogP contribution is 2.50. The topological polar surface area (TPSA) is 35.2 Å². The number of rotatable bonds is 1. The lowest BCUT2D eigenvalue weighted by Crippen LogP contribution is -2.57. The van der Waals surface area contributed by atoms with Crippen LogP contribution in [0.2, 0.25) is 0 Å². The smallest absolute Gasteiger partial charge is 0.0686 e. The molecule has 1 heterocycles. The minimum atomic E-state index is 0.101. The third-order valence-electron chi connectivity index (χ3n) is 5.83. The van der Waals surface area contributed by atoms with E-state index in [4.69, 9.17) is 10.5 Å². The summed E-state index contributed by atoms with van der Waals surface area (Å²) >= 11 is 0. The molecule has 1 aliphatic heterocycles. The third kappa shape index (κ3) is 2.22. The Balaban J connectivity index is 1.72. The van der Waals surface area contributed by atoms with E-state index in [0.29, 0.717) is 5.92 Å². The zero-order valence-corrected chi connectivity index (χ0v) is 12.1. The maximum Gasteiger partial charge on any atom is 0.0686 e. The van der Waals surface area contributed by atoms with Gasteiger partial charge in [0.2, 0.25) is 0 Å². The highest BCUT2D eigenvalue weighted by atomic mass is 16.5. The van der Waals surface area contributed by atoms with Gasteiger partial charge in [-0.15, -0.1) is 0 Å². The highest BCUT2D eigenvalue weighted by Gasteiger charge is 2.49. The van der Waals surface area contributed by atoms with E-state index in [1.807, 2.05) is 0 Å². The summed E-state index contributed by atoms with van der Waals surface area (Å²) in [7, 11) is 0. The van der Waals surface area contributed by atoms with Gasteiger partial charge in [0, 0.05) is 12.1 Å². The van der Waals surface area contributed by atoms with Crippen LogP contribution in [0.4, 0.5) is 0 Å². The van der Waals surface area contributed by atoms with E-state index in [1.54, 1.807) is 0 Å². The molecule has 3 unspecified atom stereocenters. The van der Waals surface area contributed by atoms with Crippen LogP contribution >= 0.6 is 0 Å². The normalized spacial score (nSPS) is 47.8. The van der Waals surface area contributed by atoms with Gasteiger partial charge in [-0.3, -0.25) is 0 Å². The van der Waals surface area contributed by atoms with Crippen LogP contribution in [0.3, 0.4) is 0 Å². The maximum absolute atomic E-state index is 6.86. The molecule has 0 aromatic rings. The molecule has 2 nitrogen and oxygen atoms in total. The van der Waals surface area contributed by atoms with Crippen molar-refractivity contribution < 1.29 is 4.74 Å². The van der Waals surface area contributed by atoms with Gasteiger partial charge in [-0.2, -0.15) is 0 Å². The lowest BCUT2D eigenvalue weighted by atomic mass is 9.60. The van der Waals surface area contributed by atoms with Crippen LogP contribution in [0.15, 0.2) is 0 Å². The van der Waals surface area contributed by atoms with Gasteiger partial charge in [0.1, 0.15) is 0 Å². The molecule has 18 heavy (non-hydrogen) atoms. The van der Waals surface area contributed by atoms with E-state index in [9.17, 15) is 0 Å². The number of ether oxygens (including phenoxy) is 1. The number of hydrogen-bond acceptors (Lipinski definition) is 2. The quantitative estimate of drug-likeness (QED) is 0.774. The first-order valence-corrected chi connectivity index (χ1v) is 7.94. The molecule has 2 N–H and O–H groups in total. The maximum atomic E-state index is 6.86. The first-order chi connectivity index (χ1) is 8.51. The third-order valence-corrected chi connectivity index (χ3v) is 5.83. The molecule has 0 aromatic carbocycles. The molecule has 1 spiro atoms. The van der Waals surface area contributed by atoms with Crippen LogP contribution in [0.25, 0.3) is 0 Å². The standard InChI is InChI=1S/C16H29NO/c1-12-8-13(2)10-16(17,9-12)14-4-7-18-15(11-14)5-3-6-15/h12-14H,3-11,17H2,1-2H3. The average Bonchev–Trinajstić information content (AvgIpc) is 2.25. The molecule has 3 aliphatic rings. The molecule has 2 aliphatic carbocycles.